The Balaban J connectivity index is 2.79. The number of hydrogen-bond donors (Lipinski definition) is 1. The van der Waals surface area contributed by atoms with Crippen LogP contribution >= 0.6 is 10.7 Å². The number of carbonyl (C=O) groups is 1. The second-order valence-electron chi connectivity index (χ2n) is 4.64. The molecule has 5 nitrogen and oxygen atoms in total. The molecular weight excluding hydrogens is 328 g/mol. The SMILES string of the molecule is CC(C)CNC(=O)COc1c(F)cc(S(=O)(=O)Cl)cc1F. The number of rotatable bonds is 6. The highest BCUT2D eigenvalue weighted by atomic mass is 35.7. The van der Waals surface area contributed by atoms with Gasteiger partial charge >= 0.3 is 0 Å². The summed E-state index contributed by atoms with van der Waals surface area (Å²) < 4.78 is 53.9. The van der Waals surface area contributed by atoms with Crippen LogP contribution in [0.2, 0.25) is 0 Å². The highest BCUT2D eigenvalue weighted by Crippen LogP contribution is 2.27. The van der Waals surface area contributed by atoms with Crippen LogP contribution < -0.4 is 10.1 Å². The predicted molar refractivity (Wildman–Crippen MR) is 72.7 cm³/mol. The Labute approximate surface area is 125 Å². The summed E-state index contributed by atoms with van der Waals surface area (Å²) in [5.74, 6) is -3.68. The van der Waals surface area contributed by atoms with Crippen molar-refractivity contribution in [2.24, 2.45) is 5.92 Å². The fourth-order valence-electron chi connectivity index (χ4n) is 1.32. The van der Waals surface area contributed by atoms with Gasteiger partial charge in [-0.1, -0.05) is 13.8 Å². The van der Waals surface area contributed by atoms with Crippen LogP contribution in [-0.2, 0) is 13.8 Å². The largest absolute Gasteiger partial charge is 0.478 e. The first-order chi connectivity index (χ1) is 9.61. The molecule has 0 heterocycles. The zero-order chi connectivity index (χ0) is 16.2. The fourth-order valence-corrected chi connectivity index (χ4v) is 2.08. The third-order valence-electron chi connectivity index (χ3n) is 2.31. The van der Waals surface area contributed by atoms with Gasteiger partial charge in [-0.25, -0.2) is 17.2 Å². The van der Waals surface area contributed by atoms with E-state index in [0.717, 1.165) is 0 Å². The van der Waals surface area contributed by atoms with Crippen molar-refractivity contribution in [3.05, 3.63) is 23.8 Å². The molecule has 1 N–H and O–H groups in total. The summed E-state index contributed by atoms with van der Waals surface area (Å²) in [5, 5.41) is 2.50. The van der Waals surface area contributed by atoms with Crippen LogP contribution in [0.1, 0.15) is 13.8 Å². The second-order valence-corrected chi connectivity index (χ2v) is 7.21. The summed E-state index contributed by atoms with van der Waals surface area (Å²) in [4.78, 5) is 10.6. The molecule has 1 rings (SSSR count). The molecule has 0 radical (unpaired) electrons. The highest BCUT2D eigenvalue weighted by molar-refractivity contribution is 8.13. The molecule has 0 aliphatic rings. The maximum Gasteiger partial charge on any atom is 0.261 e. The molecule has 9 heteroatoms. The standard InChI is InChI=1S/C12H14ClF2NO4S/c1-7(2)5-16-11(17)6-20-12-9(14)3-8(4-10(12)15)21(13,18)19/h3-4,7H,5-6H2,1-2H3,(H,16,17). The molecule has 118 valence electrons. The first kappa shape index (κ1) is 17.6. The van der Waals surface area contributed by atoms with Gasteiger partial charge in [-0.15, -0.1) is 0 Å². The zero-order valence-electron chi connectivity index (χ0n) is 11.3. The van der Waals surface area contributed by atoms with Gasteiger partial charge in [0.2, 0.25) is 0 Å². The third kappa shape index (κ3) is 5.47. The minimum Gasteiger partial charge on any atom is -0.478 e. The van der Waals surface area contributed by atoms with Crippen LogP contribution in [0, 0.1) is 17.6 Å². The minimum atomic E-state index is -4.26. The highest BCUT2D eigenvalue weighted by Gasteiger charge is 2.19. The molecule has 0 bridgehead atoms. The van der Waals surface area contributed by atoms with Gasteiger partial charge in [0, 0.05) is 17.2 Å². The second kappa shape index (κ2) is 7.04. The zero-order valence-corrected chi connectivity index (χ0v) is 12.9. The average molecular weight is 342 g/mol. The normalized spacial score (nSPS) is 11.5. The monoisotopic (exact) mass is 341 g/mol. The Hall–Kier alpha value is -1.41. The van der Waals surface area contributed by atoms with Crippen molar-refractivity contribution < 1.29 is 26.7 Å². The molecule has 0 fully saturated rings. The summed E-state index contributed by atoms with van der Waals surface area (Å²) >= 11 is 0. The lowest BCUT2D eigenvalue weighted by molar-refractivity contribution is -0.123. The molecule has 1 amide bonds. The van der Waals surface area contributed by atoms with Gasteiger partial charge in [-0.2, -0.15) is 0 Å². The van der Waals surface area contributed by atoms with E-state index >= 15 is 0 Å². The van der Waals surface area contributed by atoms with E-state index in [-0.39, 0.29) is 5.92 Å². The average Bonchev–Trinajstić information content (AvgIpc) is 2.33. The molecule has 0 aliphatic carbocycles. The number of hydrogen-bond acceptors (Lipinski definition) is 4. The molecule has 0 aromatic heterocycles. The van der Waals surface area contributed by atoms with E-state index in [1.807, 2.05) is 13.8 Å². The van der Waals surface area contributed by atoms with E-state index in [9.17, 15) is 22.0 Å². The van der Waals surface area contributed by atoms with Crippen molar-refractivity contribution in [2.45, 2.75) is 18.7 Å². The van der Waals surface area contributed by atoms with Crippen molar-refractivity contribution in [1.82, 2.24) is 5.32 Å². The number of nitrogens with one attached hydrogen (secondary N) is 1. The summed E-state index contributed by atoms with van der Waals surface area (Å²) in [6.45, 7) is 3.57. The van der Waals surface area contributed by atoms with E-state index in [1.165, 1.54) is 0 Å². The van der Waals surface area contributed by atoms with Crippen molar-refractivity contribution in [3.8, 4) is 5.75 Å². The first-order valence-corrected chi connectivity index (χ1v) is 8.25. The van der Waals surface area contributed by atoms with E-state index in [0.29, 0.717) is 18.7 Å². The van der Waals surface area contributed by atoms with Gasteiger partial charge in [0.15, 0.2) is 24.0 Å². The lowest BCUT2D eigenvalue weighted by Crippen LogP contribution is -2.32. The molecular formula is C12H14ClF2NO4S. The van der Waals surface area contributed by atoms with E-state index < -0.39 is 43.8 Å². The van der Waals surface area contributed by atoms with Crippen molar-refractivity contribution in [2.75, 3.05) is 13.2 Å². The third-order valence-corrected chi connectivity index (χ3v) is 3.64. The van der Waals surface area contributed by atoms with Crippen LogP contribution in [0.25, 0.3) is 0 Å². The minimum absolute atomic E-state index is 0.218. The van der Waals surface area contributed by atoms with Gasteiger partial charge in [-0.3, -0.25) is 4.79 Å². The van der Waals surface area contributed by atoms with Gasteiger partial charge in [0.25, 0.3) is 15.0 Å². The molecule has 0 spiro atoms. The van der Waals surface area contributed by atoms with Gasteiger partial charge < -0.3 is 10.1 Å². The summed E-state index contributed by atoms with van der Waals surface area (Å²) in [5.41, 5.74) is 0. The molecule has 0 unspecified atom stereocenters. The van der Waals surface area contributed by atoms with E-state index in [1.54, 1.807) is 0 Å². The predicted octanol–water partition coefficient (Wildman–Crippen LogP) is 2.04. The molecule has 1 aromatic rings. The van der Waals surface area contributed by atoms with Crippen LogP contribution in [0.3, 0.4) is 0 Å². The number of halogens is 3. The van der Waals surface area contributed by atoms with Crippen molar-refractivity contribution in [1.29, 1.82) is 0 Å². The summed E-state index contributed by atoms with van der Waals surface area (Å²) in [6, 6.07) is 1.04. The molecule has 0 atom stereocenters. The lowest BCUT2D eigenvalue weighted by atomic mass is 10.2. The maximum absolute atomic E-state index is 13.6. The van der Waals surface area contributed by atoms with Crippen LogP contribution in [0.4, 0.5) is 8.78 Å². The van der Waals surface area contributed by atoms with E-state index in [2.05, 4.69) is 5.32 Å². The Kier molecular flexibility index (Phi) is 5.91. The van der Waals surface area contributed by atoms with Gasteiger partial charge in [-0.05, 0) is 18.1 Å². The van der Waals surface area contributed by atoms with Crippen LogP contribution in [-0.4, -0.2) is 27.5 Å². The summed E-state index contributed by atoms with van der Waals surface area (Å²) in [7, 11) is 0.731. The number of ether oxygens (including phenoxy) is 1. The Morgan fingerprint density at radius 2 is 1.86 bits per heavy atom. The number of benzene rings is 1. The van der Waals surface area contributed by atoms with Crippen LogP contribution in [0.15, 0.2) is 17.0 Å². The van der Waals surface area contributed by atoms with Gasteiger partial charge in [0.1, 0.15) is 0 Å². The Bertz CT molecular complexity index is 611. The topological polar surface area (TPSA) is 72.5 Å². The van der Waals surface area contributed by atoms with Crippen molar-refractivity contribution in [3.63, 3.8) is 0 Å². The molecule has 21 heavy (non-hydrogen) atoms. The molecule has 1 aromatic carbocycles. The smallest absolute Gasteiger partial charge is 0.261 e. The molecule has 0 saturated heterocycles. The molecule has 0 aliphatic heterocycles. The Morgan fingerprint density at radius 3 is 2.29 bits per heavy atom. The lowest BCUT2D eigenvalue weighted by Gasteiger charge is -2.10. The fraction of sp³-hybridized carbons (Fsp3) is 0.417. The maximum atomic E-state index is 13.6. The van der Waals surface area contributed by atoms with Crippen molar-refractivity contribution >= 4 is 25.6 Å². The summed E-state index contributed by atoms with van der Waals surface area (Å²) in [6.07, 6.45) is 0. The van der Waals surface area contributed by atoms with Gasteiger partial charge in [0.05, 0.1) is 4.90 Å². The van der Waals surface area contributed by atoms with E-state index in [4.69, 9.17) is 15.4 Å². The van der Waals surface area contributed by atoms with Crippen LogP contribution in [0.5, 0.6) is 5.75 Å². The molecule has 0 saturated carbocycles. The Morgan fingerprint density at radius 1 is 1.33 bits per heavy atom. The first-order valence-electron chi connectivity index (χ1n) is 5.94. The number of amides is 1. The number of carbonyl (C=O) groups excluding carboxylic acids is 1. The quantitative estimate of drug-likeness (QED) is 0.804.